The zero-order chi connectivity index (χ0) is 11.1. The Balaban J connectivity index is 2.67. The molecule has 5 heteroatoms. The van der Waals surface area contributed by atoms with Crippen LogP contribution in [0.2, 0.25) is 0 Å². The highest BCUT2D eigenvalue weighted by atomic mass is 31.2. The summed E-state index contributed by atoms with van der Waals surface area (Å²) in [6.45, 7) is 0. The predicted octanol–water partition coefficient (Wildman–Crippen LogP) is 1.56. The third-order valence-electron chi connectivity index (χ3n) is 2.16. The molecule has 0 aliphatic heterocycles. The van der Waals surface area contributed by atoms with E-state index in [1.807, 2.05) is 0 Å². The zero-order valence-electron chi connectivity index (χ0n) is 7.71. The molecule has 0 amide bonds. The molecule has 0 spiro atoms. The first kappa shape index (κ1) is 10.2. The Morgan fingerprint density at radius 2 is 1.60 bits per heavy atom. The van der Waals surface area contributed by atoms with Gasteiger partial charge in [0.2, 0.25) is 0 Å². The lowest BCUT2D eigenvalue weighted by molar-refractivity contribution is 0.387. The molecule has 0 saturated carbocycles. The molecule has 0 aliphatic rings. The molecule has 0 heterocycles. The molecule has 0 saturated heterocycles. The molecule has 0 unspecified atom stereocenters. The van der Waals surface area contributed by atoms with Gasteiger partial charge in [-0.3, -0.25) is 4.57 Å². The smallest absolute Gasteiger partial charge is 0.321 e. The Kier molecular flexibility index (Phi) is 2.27. The lowest BCUT2D eigenvalue weighted by atomic mass is 10.1. The van der Waals surface area contributed by atoms with Crippen molar-refractivity contribution in [3.63, 3.8) is 0 Å². The fraction of sp³-hybridized carbons (Fsp3) is 0. The highest BCUT2D eigenvalue weighted by molar-refractivity contribution is 7.60. The summed E-state index contributed by atoms with van der Waals surface area (Å²) in [4.78, 5) is 18.0. The normalized spacial score (nSPS) is 11.9. The van der Waals surface area contributed by atoms with E-state index in [4.69, 9.17) is 15.5 Å². The van der Waals surface area contributed by atoms with Crippen LogP contribution in [0.15, 0.2) is 36.4 Å². The molecule has 15 heavy (non-hydrogen) atoms. The van der Waals surface area contributed by atoms with E-state index in [0.29, 0.717) is 5.69 Å². The molecule has 3 N–H and O–H groups in total. The largest absolute Gasteiger partial charge is 0.356 e. The monoisotopic (exact) mass is 222 g/mol. The quantitative estimate of drug-likeness (QED) is 0.718. The lowest BCUT2D eigenvalue weighted by Gasteiger charge is -2.05. The molecule has 0 fully saturated rings. The van der Waals surface area contributed by atoms with Crippen molar-refractivity contribution in [2.75, 3.05) is 0 Å². The van der Waals surface area contributed by atoms with Gasteiger partial charge in [0, 0.05) is 0 Å². The minimum atomic E-state index is -4.18. The van der Waals surface area contributed by atoms with Crippen molar-refractivity contribution in [3.8, 4) is 0 Å². The Morgan fingerprint density at radius 3 is 2.27 bits per heavy atom. The molecule has 0 aromatic heterocycles. The Labute approximate surface area is 86.5 Å². The molecule has 2 aromatic rings. The first-order valence-corrected chi connectivity index (χ1v) is 5.89. The topological polar surface area (TPSA) is 81.3 Å². The number of benzene rings is 2. The van der Waals surface area contributed by atoms with Crippen molar-refractivity contribution in [3.05, 3.63) is 36.4 Å². The van der Waals surface area contributed by atoms with Crippen molar-refractivity contribution < 1.29 is 14.4 Å². The van der Waals surface area contributed by atoms with Crippen LogP contribution >= 0.6 is 7.60 Å². The molecule has 0 atom stereocenters. The van der Waals surface area contributed by atoms with Gasteiger partial charge in [0.05, 0.1) is 11.0 Å². The second-order valence-corrected chi connectivity index (χ2v) is 4.89. The third-order valence-corrected chi connectivity index (χ3v) is 3.11. The first-order valence-electron chi connectivity index (χ1n) is 4.28. The van der Waals surface area contributed by atoms with E-state index in [2.05, 4.69) is 0 Å². The van der Waals surface area contributed by atoms with Crippen LogP contribution in [0.4, 0.5) is 5.69 Å². The summed E-state index contributed by atoms with van der Waals surface area (Å²) < 4.78 is 11.0. The molecule has 4 nitrogen and oxygen atoms in total. The maximum atomic E-state index is 11.0. The number of fused-ring (bicyclic) bond motifs is 1. The van der Waals surface area contributed by atoms with Gasteiger partial charge in [0.15, 0.2) is 0 Å². The lowest BCUT2D eigenvalue weighted by Crippen LogP contribution is -2.02. The van der Waals surface area contributed by atoms with E-state index in [9.17, 15) is 4.57 Å². The van der Waals surface area contributed by atoms with E-state index in [-0.39, 0.29) is 5.30 Å². The van der Waals surface area contributed by atoms with Crippen molar-refractivity contribution in [1.82, 2.24) is 5.73 Å². The second kappa shape index (κ2) is 3.35. The van der Waals surface area contributed by atoms with Gasteiger partial charge in [-0.05, 0) is 35.0 Å². The van der Waals surface area contributed by atoms with E-state index in [1.165, 1.54) is 12.1 Å². The fourth-order valence-electron chi connectivity index (χ4n) is 1.41. The molecule has 1 radical (unpaired) electrons. The molecule has 2 rings (SSSR count). The minimum absolute atomic E-state index is 0.00716. The number of rotatable bonds is 1. The number of hydrogen-bond acceptors (Lipinski definition) is 1. The van der Waals surface area contributed by atoms with Gasteiger partial charge < -0.3 is 15.5 Å². The minimum Gasteiger partial charge on any atom is -0.321 e. The van der Waals surface area contributed by atoms with Gasteiger partial charge in [0.25, 0.3) is 0 Å². The summed E-state index contributed by atoms with van der Waals surface area (Å²) in [6, 6.07) is 9.38. The average Bonchev–Trinajstić information content (AvgIpc) is 2.15. The first-order chi connectivity index (χ1) is 6.97. The van der Waals surface area contributed by atoms with Crippen LogP contribution < -0.4 is 11.0 Å². The maximum Gasteiger partial charge on any atom is 0.356 e. The van der Waals surface area contributed by atoms with Crippen molar-refractivity contribution in [1.29, 1.82) is 0 Å². The van der Waals surface area contributed by atoms with E-state index in [0.717, 1.165) is 10.8 Å². The van der Waals surface area contributed by atoms with Gasteiger partial charge in [-0.2, -0.15) is 0 Å². The van der Waals surface area contributed by atoms with Gasteiger partial charge >= 0.3 is 7.60 Å². The zero-order valence-corrected chi connectivity index (χ0v) is 8.61. The van der Waals surface area contributed by atoms with Crippen molar-refractivity contribution in [2.24, 2.45) is 0 Å². The van der Waals surface area contributed by atoms with Gasteiger partial charge in [-0.25, -0.2) is 0 Å². The summed E-state index contributed by atoms with van der Waals surface area (Å²) in [5.74, 6) is 0. The Morgan fingerprint density at radius 1 is 1.00 bits per heavy atom. The van der Waals surface area contributed by atoms with E-state index >= 15 is 0 Å². The summed E-state index contributed by atoms with van der Waals surface area (Å²) in [5.41, 5.74) is 7.78. The third kappa shape index (κ3) is 2.02. The summed E-state index contributed by atoms with van der Waals surface area (Å²) >= 11 is 0. The summed E-state index contributed by atoms with van der Waals surface area (Å²) in [6.07, 6.45) is 0. The highest BCUT2D eigenvalue weighted by Crippen LogP contribution is 2.34. The predicted molar refractivity (Wildman–Crippen MR) is 58.4 cm³/mol. The fourth-order valence-corrected chi connectivity index (χ4v) is 1.99. The van der Waals surface area contributed by atoms with Gasteiger partial charge in [-0.1, -0.05) is 12.1 Å². The van der Waals surface area contributed by atoms with Crippen LogP contribution in [0.25, 0.3) is 10.8 Å². The standard InChI is InChI=1S/C10H9NO3P/c11-9-3-1-8-6-10(15(12,13)14)4-2-7(8)5-9/h1-6,11H,(H2,12,13,14). The molecular formula is C10H9NO3P. The molecule has 2 aromatic carbocycles. The Hall–Kier alpha value is -1.35. The van der Waals surface area contributed by atoms with Crippen LogP contribution in [-0.2, 0) is 4.57 Å². The van der Waals surface area contributed by atoms with Crippen molar-refractivity contribution >= 4 is 29.4 Å². The summed E-state index contributed by atoms with van der Waals surface area (Å²) in [5, 5.41) is 1.54. The van der Waals surface area contributed by atoms with Gasteiger partial charge in [-0.15, -0.1) is 0 Å². The highest BCUT2D eigenvalue weighted by Gasteiger charge is 2.16. The molecule has 0 aliphatic carbocycles. The van der Waals surface area contributed by atoms with Crippen LogP contribution in [0.3, 0.4) is 0 Å². The second-order valence-electron chi connectivity index (χ2n) is 3.29. The van der Waals surface area contributed by atoms with Crippen LogP contribution in [0.5, 0.6) is 0 Å². The molecular weight excluding hydrogens is 213 g/mol. The van der Waals surface area contributed by atoms with E-state index < -0.39 is 7.60 Å². The number of nitrogens with one attached hydrogen (secondary N) is 1. The van der Waals surface area contributed by atoms with Crippen molar-refractivity contribution in [2.45, 2.75) is 0 Å². The van der Waals surface area contributed by atoms with Gasteiger partial charge in [0.1, 0.15) is 0 Å². The average molecular weight is 222 g/mol. The van der Waals surface area contributed by atoms with E-state index in [1.54, 1.807) is 24.3 Å². The van der Waals surface area contributed by atoms with Crippen LogP contribution in [0.1, 0.15) is 0 Å². The van der Waals surface area contributed by atoms with Crippen LogP contribution in [-0.4, -0.2) is 9.79 Å². The SMILES string of the molecule is [NH]c1ccc2cc(P(=O)(O)O)ccc2c1. The Bertz CT molecular complexity index is 562. The molecule has 77 valence electrons. The summed E-state index contributed by atoms with van der Waals surface area (Å²) in [7, 11) is -4.18. The maximum absolute atomic E-state index is 11.0. The number of hydrogen-bond donors (Lipinski definition) is 2. The van der Waals surface area contributed by atoms with Crippen LogP contribution in [0, 0.1) is 0 Å². The molecule has 0 bridgehead atoms.